The van der Waals surface area contributed by atoms with Crippen molar-refractivity contribution in [3.8, 4) is 11.5 Å². The number of anilines is 1. The monoisotopic (exact) mass is 629 g/mol. The van der Waals surface area contributed by atoms with Crippen molar-refractivity contribution in [2.45, 2.75) is 26.4 Å². The van der Waals surface area contributed by atoms with E-state index < -0.39 is 17.6 Å². The van der Waals surface area contributed by atoms with Crippen molar-refractivity contribution < 1.29 is 23.8 Å². The maximum absolute atomic E-state index is 14.5. The van der Waals surface area contributed by atoms with Gasteiger partial charge < -0.3 is 19.1 Å². The number of rotatable bonds is 7. The van der Waals surface area contributed by atoms with Gasteiger partial charge in [-0.05, 0) is 49.7 Å². The molecule has 0 saturated carbocycles. The number of hydrogen-bond donors (Lipinski definition) is 0. The molecule has 2 aliphatic heterocycles. The van der Waals surface area contributed by atoms with E-state index in [9.17, 15) is 14.4 Å². The van der Waals surface area contributed by atoms with Crippen LogP contribution in [0.3, 0.4) is 0 Å². The number of carbonyl (C=O) groups is 2. The Hall–Kier alpha value is -4.67. The second-order valence-electron chi connectivity index (χ2n) is 10.1. The number of carbonyl (C=O) groups excluding carboxylic acids is 2. The largest absolute Gasteiger partial charge is 0.497 e. The highest BCUT2D eigenvalue weighted by Crippen LogP contribution is 2.39. The van der Waals surface area contributed by atoms with Crippen molar-refractivity contribution in [2.24, 2.45) is 4.99 Å². The number of benzene rings is 3. The Balaban J connectivity index is 1.61. The summed E-state index contributed by atoms with van der Waals surface area (Å²) in [6.45, 7) is 3.78. The summed E-state index contributed by atoms with van der Waals surface area (Å²) in [5, 5.41) is 0.541. The van der Waals surface area contributed by atoms with E-state index in [1.165, 1.54) is 18.8 Å². The molecule has 1 amide bonds. The van der Waals surface area contributed by atoms with Crippen LogP contribution in [0.15, 0.2) is 87.8 Å². The summed E-state index contributed by atoms with van der Waals surface area (Å²) in [7, 11) is 3.04. The number of ether oxygens (including phenoxy) is 3. The van der Waals surface area contributed by atoms with Crippen molar-refractivity contribution in [3.63, 3.8) is 0 Å². The van der Waals surface area contributed by atoms with E-state index in [0.29, 0.717) is 43.8 Å². The molecule has 0 bridgehead atoms. The summed E-state index contributed by atoms with van der Waals surface area (Å²) >= 11 is 7.56. The molecule has 3 aromatic carbocycles. The summed E-state index contributed by atoms with van der Waals surface area (Å²) in [5.41, 5.74) is 3.00. The minimum atomic E-state index is -0.948. The van der Waals surface area contributed by atoms with Gasteiger partial charge in [0.25, 0.3) is 11.5 Å². The molecular weight excluding hydrogens is 602 g/mol. The Kier molecular flexibility index (Phi) is 7.87. The number of nitrogens with zero attached hydrogens (tertiary/aromatic N) is 3. The molecule has 0 spiro atoms. The molecular formula is C33H28ClN3O6S. The number of fused-ring (bicyclic) bond motifs is 2. The molecule has 0 aliphatic carbocycles. The van der Waals surface area contributed by atoms with Crippen molar-refractivity contribution in [3.05, 3.63) is 119 Å². The molecule has 6 rings (SSSR count). The molecule has 0 unspecified atom stereocenters. The smallest absolute Gasteiger partial charge is 0.338 e. The molecule has 1 atom stereocenters. The number of allylic oxidation sites excluding steroid dienone is 1. The van der Waals surface area contributed by atoms with Crippen LogP contribution in [-0.4, -0.2) is 37.3 Å². The van der Waals surface area contributed by atoms with Gasteiger partial charge in [-0.3, -0.25) is 14.2 Å². The Labute approximate surface area is 261 Å². The van der Waals surface area contributed by atoms with E-state index in [1.807, 2.05) is 42.5 Å². The van der Waals surface area contributed by atoms with Crippen molar-refractivity contribution >= 4 is 46.1 Å². The molecule has 9 nitrogen and oxygen atoms in total. The zero-order chi connectivity index (χ0) is 31.1. The second-order valence-corrected chi connectivity index (χ2v) is 11.5. The minimum Gasteiger partial charge on any atom is -0.497 e. The second kappa shape index (κ2) is 11.8. The molecule has 0 N–H and O–H groups in total. The average Bonchev–Trinajstić information content (AvgIpc) is 3.49. The third kappa shape index (κ3) is 4.80. The van der Waals surface area contributed by atoms with E-state index in [0.717, 1.165) is 16.9 Å². The molecule has 224 valence electrons. The van der Waals surface area contributed by atoms with Gasteiger partial charge in [-0.1, -0.05) is 59.3 Å². The fourth-order valence-electron chi connectivity index (χ4n) is 5.64. The van der Waals surface area contributed by atoms with Crippen LogP contribution in [0.2, 0.25) is 5.02 Å². The number of amides is 1. The summed E-state index contributed by atoms with van der Waals surface area (Å²) in [6.07, 6.45) is 0. The summed E-state index contributed by atoms with van der Waals surface area (Å²) in [6, 6.07) is 18.9. The van der Waals surface area contributed by atoms with E-state index in [4.69, 9.17) is 25.8 Å². The van der Waals surface area contributed by atoms with E-state index in [1.54, 1.807) is 43.0 Å². The Morgan fingerprint density at radius 2 is 1.77 bits per heavy atom. The first-order valence-electron chi connectivity index (χ1n) is 13.9. The molecule has 44 heavy (non-hydrogen) atoms. The molecule has 3 heterocycles. The van der Waals surface area contributed by atoms with Crippen LogP contribution < -0.4 is 29.3 Å². The van der Waals surface area contributed by atoms with Crippen LogP contribution in [-0.2, 0) is 20.9 Å². The Morgan fingerprint density at radius 3 is 2.50 bits per heavy atom. The zero-order valence-electron chi connectivity index (χ0n) is 24.4. The van der Waals surface area contributed by atoms with E-state index in [-0.39, 0.29) is 34.7 Å². The molecule has 2 aliphatic rings. The third-order valence-corrected chi connectivity index (χ3v) is 9.08. The van der Waals surface area contributed by atoms with Crippen molar-refractivity contribution in [1.29, 1.82) is 0 Å². The fraction of sp³-hybridized carbons (Fsp3) is 0.212. The number of para-hydroxylation sites is 1. The van der Waals surface area contributed by atoms with Crippen LogP contribution in [0.5, 0.6) is 11.5 Å². The van der Waals surface area contributed by atoms with Gasteiger partial charge >= 0.3 is 5.97 Å². The van der Waals surface area contributed by atoms with Crippen LogP contribution >= 0.6 is 22.9 Å². The van der Waals surface area contributed by atoms with Gasteiger partial charge in [0.2, 0.25) is 0 Å². The number of esters is 1. The highest BCUT2D eigenvalue weighted by molar-refractivity contribution is 7.07. The Morgan fingerprint density at radius 1 is 1.02 bits per heavy atom. The first kappa shape index (κ1) is 29.4. The fourth-order valence-corrected chi connectivity index (χ4v) is 6.97. The lowest BCUT2D eigenvalue weighted by Gasteiger charge is -2.26. The molecule has 0 saturated heterocycles. The lowest BCUT2D eigenvalue weighted by molar-refractivity contribution is -0.139. The quantitative estimate of drug-likeness (QED) is 0.281. The van der Waals surface area contributed by atoms with Crippen LogP contribution in [0, 0.1) is 0 Å². The molecule has 11 heteroatoms. The topological polar surface area (TPSA) is 99.4 Å². The average molecular weight is 630 g/mol. The summed E-state index contributed by atoms with van der Waals surface area (Å²) in [5.74, 6) is 0.0282. The predicted molar refractivity (Wildman–Crippen MR) is 168 cm³/mol. The predicted octanol–water partition coefficient (Wildman–Crippen LogP) is 4.39. The maximum atomic E-state index is 14.5. The third-order valence-electron chi connectivity index (χ3n) is 7.66. The van der Waals surface area contributed by atoms with Crippen LogP contribution in [0.4, 0.5) is 5.69 Å². The number of halogens is 1. The minimum absolute atomic E-state index is 0.138. The van der Waals surface area contributed by atoms with Gasteiger partial charge in [-0.2, -0.15) is 0 Å². The van der Waals surface area contributed by atoms with Gasteiger partial charge in [0.05, 0.1) is 49.9 Å². The first-order chi connectivity index (χ1) is 21.3. The van der Waals surface area contributed by atoms with Crippen LogP contribution in [0.1, 0.15) is 36.6 Å². The van der Waals surface area contributed by atoms with Crippen molar-refractivity contribution in [1.82, 2.24) is 4.57 Å². The molecule has 1 aromatic heterocycles. The lowest BCUT2D eigenvalue weighted by Crippen LogP contribution is -2.41. The highest BCUT2D eigenvalue weighted by atomic mass is 35.5. The standard InChI is InChI=1S/C33H28ClN3O6S/c1-5-43-32(40)26-18(2)35-33-37(28(26)22-16-20(41-3)14-15-25(22)42-4)31(39)29(44-33)27-21-11-7-9-13-24(21)36(30(27)38)17-19-10-6-8-12-23(19)34/h6-16,28H,5,17H2,1-4H3/b29-27+/t28-/m0/s1. The molecule has 0 fully saturated rings. The van der Waals surface area contributed by atoms with Gasteiger partial charge in [0.15, 0.2) is 4.80 Å². The first-order valence-corrected chi connectivity index (χ1v) is 15.1. The lowest BCUT2D eigenvalue weighted by atomic mass is 9.94. The SMILES string of the molecule is CCOC(=O)C1=C(C)N=c2s/c(=C3/C(=O)N(Cc4ccccc4Cl)c4ccccc43)c(=O)n2[C@H]1c1cc(OC)ccc1OC. The summed E-state index contributed by atoms with van der Waals surface area (Å²) < 4.78 is 18.2. The van der Waals surface area contributed by atoms with Gasteiger partial charge in [-0.25, -0.2) is 9.79 Å². The summed E-state index contributed by atoms with van der Waals surface area (Å²) in [4.78, 5) is 48.7. The molecule has 4 aromatic rings. The number of methoxy groups -OCH3 is 2. The molecule has 0 radical (unpaired) electrons. The normalized spacial score (nSPS) is 16.8. The maximum Gasteiger partial charge on any atom is 0.338 e. The van der Waals surface area contributed by atoms with Crippen LogP contribution in [0.25, 0.3) is 5.57 Å². The number of thiazole rings is 1. The number of hydrogen-bond acceptors (Lipinski definition) is 8. The highest BCUT2D eigenvalue weighted by Gasteiger charge is 2.38. The van der Waals surface area contributed by atoms with E-state index in [2.05, 4.69) is 4.99 Å². The zero-order valence-corrected chi connectivity index (χ0v) is 26.0. The van der Waals surface area contributed by atoms with Gasteiger partial charge in [0.1, 0.15) is 22.1 Å². The number of aromatic nitrogens is 1. The van der Waals surface area contributed by atoms with Gasteiger partial charge in [0, 0.05) is 16.1 Å². The van der Waals surface area contributed by atoms with E-state index >= 15 is 0 Å². The van der Waals surface area contributed by atoms with Crippen molar-refractivity contribution in [2.75, 3.05) is 25.7 Å². The Bertz CT molecular complexity index is 2050. The van der Waals surface area contributed by atoms with Gasteiger partial charge in [-0.15, -0.1) is 0 Å².